The third kappa shape index (κ3) is 3.84. The first-order chi connectivity index (χ1) is 9.63. The lowest BCUT2D eigenvalue weighted by Crippen LogP contribution is -2.07. The van der Waals surface area contributed by atoms with E-state index in [1.165, 1.54) is 5.56 Å². The summed E-state index contributed by atoms with van der Waals surface area (Å²) in [6, 6.07) is 14.1. The molecule has 1 unspecified atom stereocenters. The molecule has 1 atom stereocenters. The summed E-state index contributed by atoms with van der Waals surface area (Å²) in [5.41, 5.74) is 2.31. The minimum Gasteiger partial charge on any atom is -0.496 e. The molecule has 106 valence electrons. The fourth-order valence-electron chi connectivity index (χ4n) is 2.14. The van der Waals surface area contributed by atoms with Gasteiger partial charge in [-0.15, -0.1) is 0 Å². The lowest BCUT2D eigenvalue weighted by Gasteiger charge is -2.15. The molecule has 0 amide bonds. The minimum absolute atomic E-state index is 0.100. The van der Waals surface area contributed by atoms with Gasteiger partial charge in [-0.1, -0.05) is 34.1 Å². The van der Waals surface area contributed by atoms with Crippen LogP contribution in [0.2, 0.25) is 0 Å². The number of methoxy groups -OCH3 is 1. The van der Waals surface area contributed by atoms with Gasteiger partial charge in [-0.2, -0.15) is 0 Å². The third-order valence-electron chi connectivity index (χ3n) is 3.26. The maximum absolute atomic E-state index is 9.63. The Morgan fingerprint density at radius 2 is 1.80 bits per heavy atom. The normalized spacial score (nSPS) is 12.2. The first-order valence-electron chi connectivity index (χ1n) is 6.32. The average Bonchev–Trinajstić information content (AvgIpc) is 2.46. The third-order valence-corrected chi connectivity index (χ3v) is 4.41. The van der Waals surface area contributed by atoms with E-state index in [9.17, 15) is 5.11 Å². The fraction of sp³-hybridized carbons (Fsp3) is 0.250. The van der Waals surface area contributed by atoms with Crippen molar-refractivity contribution in [1.82, 2.24) is 0 Å². The lowest BCUT2D eigenvalue weighted by atomic mass is 9.93. The predicted octanol–water partition coefficient (Wildman–Crippen LogP) is 4.54. The van der Waals surface area contributed by atoms with Crippen LogP contribution in [0.4, 0.5) is 0 Å². The van der Waals surface area contributed by atoms with E-state index in [0.717, 1.165) is 26.7 Å². The number of benzene rings is 2. The number of hydrogen-bond acceptors (Lipinski definition) is 2. The van der Waals surface area contributed by atoms with E-state index >= 15 is 0 Å². The molecule has 0 aliphatic carbocycles. The number of hydrogen-bond donors (Lipinski definition) is 1. The Labute approximate surface area is 136 Å². The molecular formula is C16H16Br2O2. The van der Waals surface area contributed by atoms with E-state index in [2.05, 4.69) is 31.9 Å². The van der Waals surface area contributed by atoms with Gasteiger partial charge in [0.1, 0.15) is 5.75 Å². The van der Waals surface area contributed by atoms with Gasteiger partial charge in [-0.3, -0.25) is 0 Å². The van der Waals surface area contributed by atoms with E-state index in [1.54, 1.807) is 7.11 Å². The molecular weight excluding hydrogens is 384 g/mol. The van der Waals surface area contributed by atoms with Gasteiger partial charge in [-0.25, -0.2) is 0 Å². The molecule has 0 aliphatic heterocycles. The standard InChI is InChI=1S/C16H16Br2O2/c1-20-16-7-2-11(9-15(16)18)8-13(10-19)12-3-5-14(17)6-4-12/h2-7,9,13,19H,8,10H2,1H3. The Morgan fingerprint density at radius 1 is 1.10 bits per heavy atom. The maximum Gasteiger partial charge on any atom is 0.133 e. The Kier molecular flexibility index (Phi) is 5.64. The van der Waals surface area contributed by atoms with Crippen LogP contribution in [0.5, 0.6) is 5.75 Å². The molecule has 2 rings (SSSR count). The minimum atomic E-state index is 0.100. The van der Waals surface area contributed by atoms with Crippen molar-refractivity contribution in [3.8, 4) is 5.75 Å². The zero-order chi connectivity index (χ0) is 14.5. The molecule has 2 aromatic rings. The van der Waals surface area contributed by atoms with Crippen molar-refractivity contribution in [3.63, 3.8) is 0 Å². The summed E-state index contributed by atoms with van der Waals surface area (Å²) < 4.78 is 7.21. The van der Waals surface area contributed by atoms with Crippen LogP contribution >= 0.6 is 31.9 Å². The topological polar surface area (TPSA) is 29.5 Å². The molecule has 4 heteroatoms. The van der Waals surface area contributed by atoms with Crippen molar-refractivity contribution < 1.29 is 9.84 Å². The van der Waals surface area contributed by atoms with Crippen molar-refractivity contribution in [3.05, 3.63) is 62.5 Å². The van der Waals surface area contributed by atoms with Gasteiger partial charge in [0.05, 0.1) is 18.2 Å². The van der Waals surface area contributed by atoms with Crippen LogP contribution in [0.3, 0.4) is 0 Å². The molecule has 0 saturated heterocycles. The summed E-state index contributed by atoms with van der Waals surface area (Å²) in [6.45, 7) is 0.130. The van der Waals surface area contributed by atoms with Crippen molar-refractivity contribution in [2.75, 3.05) is 13.7 Å². The lowest BCUT2D eigenvalue weighted by molar-refractivity contribution is 0.264. The van der Waals surface area contributed by atoms with E-state index in [0.29, 0.717) is 0 Å². The van der Waals surface area contributed by atoms with Crippen LogP contribution in [-0.4, -0.2) is 18.8 Å². The Morgan fingerprint density at radius 3 is 2.35 bits per heavy atom. The van der Waals surface area contributed by atoms with Crippen molar-refractivity contribution in [2.45, 2.75) is 12.3 Å². The molecule has 1 N–H and O–H groups in total. The Hall–Kier alpha value is -0.840. The molecule has 0 aliphatic rings. The van der Waals surface area contributed by atoms with Gasteiger partial charge in [0.15, 0.2) is 0 Å². The highest BCUT2D eigenvalue weighted by Gasteiger charge is 2.12. The molecule has 0 fully saturated rings. The van der Waals surface area contributed by atoms with Crippen molar-refractivity contribution in [1.29, 1.82) is 0 Å². The van der Waals surface area contributed by atoms with E-state index in [4.69, 9.17) is 4.74 Å². The van der Waals surface area contributed by atoms with Gasteiger partial charge in [0.2, 0.25) is 0 Å². The van der Waals surface area contributed by atoms with Crippen LogP contribution < -0.4 is 4.74 Å². The van der Waals surface area contributed by atoms with Gasteiger partial charge >= 0.3 is 0 Å². The highest BCUT2D eigenvalue weighted by Crippen LogP contribution is 2.28. The second kappa shape index (κ2) is 7.25. The summed E-state index contributed by atoms with van der Waals surface area (Å²) in [7, 11) is 1.65. The molecule has 20 heavy (non-hydrogen) atoms. The number of aliphatic hydroxyl groups is 1. The zero-order valence-corrected chi connectivity index (χ0v) is 14.3. The first kappa shape index (κ1) is 15.5. The molecule has 0 aromatic heterocycles. The molecule has 0 heterocycles. The van der Waals surface area contributed by atoms with Crippen LogP contribution in [0.1, 0.15) is 17.0 Å². The van der Waals surface area contributed by atoms with Crippen molar-refractivity contribution in [2.24, 2.45) is 0 Å². The fourth-order valence-corrected chi connectivity index (χ4v) is 3.00. The van der Waals surface area contributed by atoms with Crippen LogP contribution in [0.25, 0.3) is 0 Å². The first-order valence-corrected chi connectivity index (χ1v) is 7.91. The highest BCUT2D eigenvalue weighted by molar-refractivity contribution is 9.10. The van der Waals surface area contributed by atoms with E-state index in [-0.39, 0.29) is 12.5 Å². The average molecular weight is 400 g/mol. The van der Waals surface area contributed by atoms with Gasteiger partial charge < -0.3 is 9.84 Å². The SMILES string of the molecule is COc1ccc(CC(CO)c2ccc(Br)cc2)cc1Br. The van der Waals surface area contributed by atoms with Gasteiger partial charge in [-0.05, 0) is 57.7 Å². The monoisotopic (exact) mass is 398 g/mol. The number of halogens is 2. The summed E-state index contributed by atoms with van der Waals surface area (Å²) >= 11 is 6.92. The predicted molar refractivity (Wildman–Crippen MR) is 88.4 cm³/mol. The Balaban J connectivity index is 2.17. The van der Waals surface area contributed by atoms with Crippen molar-refractivity contribution >= 4 is 31.9 Å². The summed E-state index contributed by atoms with van der Waals surface area (Å²) in [6.07, 6.45) is 0.792. The summed E-state index contributed by atoms with van der Waals surface area (Å²) in [5, 5.41) is 9.63. The van der Waals surface area contributed by atoms with E-state index in [1.807, 2.05) is 42.5 Å². The van der Waals surface area contributed by atoms with Gasteiger partial charge in [0, 0.05) is 10.4 Å². The zero-order valence-electron chi connectivity index (χ0n) is 11.1. The number of ether oxygens (including phenoxy) is 1. The number of aliphatic hydroxyl groups excluding tert-OH is 1. The van der Waals surface area contributed by atoms with Crippen LogP contribution in [0, 0.1) is 0 Å². The molecule has 2 nitrogen and oxygen atoms in total. The molecule has 0 radical (unpaired) electrons. The Bertz CT molecular complexity index is 567. The molecule has 0 saturated carbocycles. The molecule has 0 spiro atoms. The quantitative estimate of drug-likeness (QED) is 0.799. The maximum atomic E-state index is 9.63. The summed E-state index contributed by atoms with van der Waals surface area (Å²) in [5.74, 6) is 0.918. The van der Waals surface area contributed by atoms with Gasteiger partial charge in [0.25, 0.3) is 0 Å². The highest BCUT2D eigenvalue weighted by atomic mass is 79.9. The van der Waals surface area contributed by atoms with Crippen LogP contribution in [0.15, 0.2) is 51.4 Å². The molecule has 2 aromatic carbocycles. The van der Waals surface area contributed by atoms with Crippen LogP contribution in [-0.2, 0) is 6.42 Å². The summed E-state index contributed by atoms with van der Waals surface area (Å²) in [4.78, 5) is 0. The number of rotatable bonds is 5. The largest absolute Gasteiger partial charge is 0.496 e. The van der Waals surface area contributed by atoms with E-state index < -0.39 is 0 Å². The second-order valence-corrected chi connectivity index (χ2v) is 6.37. The second-order valence-electron chi connectivity index (χ2n) is 4.60. The smallest absolute Gasteiger partial charge is 0.133 e. The molecule has 0 bridgehead atoms.